The number of carbonyl (C=O) groups is 1. The summed E-state index contributed by atoms with van der Waals surface area (Å²) in [5, 5.41) is 0. The molecule has 3 heteroatoms. The van der Waals surface area contributed by atoms with Crippen molar-refractivity contribution in [2.75, 3.05) is 20.3 Å². The fraction of sp³-hybridized carbons (Fsp3) is 0.188. The first-order valence-corrected chi connectivity index (χ1v) is 6.11. The van der Waals surface area contributed by atoms with E-state index in [1.165, 1.54) is 0 Å². The molecular formula is C16H16O3. The largest absolute Gasteiger partial charge is 0.491 e. The van der Waals surface area contributed by atoms with E-state index < -0.39 is 0 Å². The van der Waals surface area contributed by atoms with Gasteiger partial charge in [0.2, 0.25) is 0 Å². The minimum Gasteiger partial charge on any atom is -0.491 e. The fourth-order valence-electron chi connectivity index (χ4n) is 1.84. The Balaban J connectivity index is 2.15. The number of carbonyl (C=O) groups excluding carboxylic acids is 1. The van der Waals surface area contributed by atoms with Crippen LogP contribution < -0.4 is 4.74 Å². The van der Waals surface area contributed by atoms with Crippen LogP contribution in [0, 0.1) is 0 Å². The summed E-state index contributed by atoms with van der Waals surface area (Å²) in [4.78, 5) is 11.0. The summed E-state index contributed by atoms with van der Waals surface area (Å²) in [6.45, 7) is 1.09. The van der Waals surface area contributed by atoms with Gasteiger partial charge in [-0.2, -0.15) is 0 Å². The molecule has 0 fully saturated rings. The second kappa shape index (κ2) is 6.71. The smallest absolute Gasteiger partial charge is 0.150 e. The summed E-state index contributed by atoms with van der Waals surface area (Å²) in [6.07, 6.45) is 0.873. The highest BCUT2D eigenvalue weighted by atomic mass is 16.5. The molecule has 0 radical (unpaired) electrons. The monoisotopic (exact) mass is 256 g/mol. The molecule has 0 amide bonds. The van der Waals surface area contributed by atoms with Crippen molar-refractivity contribution >= 4 is 6.29 Å². The van der Waals surface area contributed by atoms with Crippen LogP contribution in [-0.4, -0.2) is 26.6 Å². The lowest BCUT2D eigenvalue weighted by atomic mass is 10.0. The number of benzene rings is 2. The number of hydrogen-bond donors (Lipinski definition) is 0. The summed E-state index contributed by atoms with van der Waals surface area (Å²) in [6, 6.07) is 15.2. The molecule has 0 saturated heterocycles. The molecule has 0 unspecified atom stereocenters. The number of aldehydes is 1. The minimum absolute atomic E-state index is 0.529. The van der Waals surface area contributed by atoms with Crippen LogP contribution in [0.3, 0.4) is 0 Å². The highest BCUT2D eigenvalue weighted by Crippen LogP contribution is 2.24. The zero-order valence-corrected chi connectivity index (χ0v) is 10.8. The molecule has 0 bridgehead atoms. The minimum atomic E-state index is 0.529. The number of methoxy groups -OCH3 is 1. The van der Waals surface area contributed by atoms with E-state index in [1.54, 1.807) is 7.11 Å². The molecule has 0 aliphatic carbocycles. The molecule has 2 rings (SSSR count). The van der Waals surface area contributed by atoms with Gasteiger partial charge in [-0.25, -0.2) is 0 Å². The average molecular weight is 256 g/mol. The molecule has 3 nitrogen and oxygen atoms in total. The Bertz CT molecular complexity index is 532. The van der Waals surface area contributed by atoms with E-state index in [0.29, 0.717) is 18.8 Å². The molecular weight excluding hydrogens is 240 g/mol. The molecule has 98 valence electrons. The number of ether oxygens (including phenoxy) is 2. The van der Waals surface area contributed by atoms with E-state index in [4.69, 9.17) is 9.47 Å². The van der Waals surface area contributed by atoms with Crippen LogP contribution >= 0.6 is 0 Å². The van der Waals surface area contributed by atoms with Gasteiger partial charge in [0.1, 0.15) is 12.4 Å². The lowest BCUT2D eigenvalue weighted by Gasteiger charge is -2.08. The third-order valence-electron chi connectivity index (χ3n) is 2.81. The van der Waals surface area contributed by atoms with Crippen molar-refractivity contribution in [3.05, 3.63) is 54.1 Å². The quantitative estimate of drug-likeness (QED) is 0.588. The summed E-state index contributed by atoms with van der Waals surface area (Å²) < 4.78 is 10.4. The van der Waals surface area contributed by atoms with Crippen molar-refractivity contribution in [3.63, 3.8) is 0 Å². The predicted octanol–water partition coefficient (Wildman–Crippen LogP) is 3.19. The topological polar surface area (TPSA) is 35.5 Å². The molecule has 0 heterocycles. The van der Waals surface area contributed by atoms with Gasteiger partial charge in [-0.05, 0) is 23.3 Å². The highest BCUT2D eigenvalue weighted by molar-refractivity contribution is 5.87. The van der Waals surface area contributed by atoms with E-state index in [0.717, 1.165) is 23.2 Å². The van der Waals surface area contributed by atoms with Gasteiger partial charge >= 0.3 is 0 Å². The van der Waals surface area contributed by atoms with Crippen LogP contribution in [-0.2, 0) is 4.74 Å². The lowest BCUT2D eigenvalue weighted by molar-refractivity contribution is 0.112. The van der Waals surface area contributed by atoms with Crippen LogP contribution in [0.1, 0.15) is 10.4 Å². The highest BCUT2D eigenvalue weighted by Gasteiger charge is 2.03. The van der Waals surface area contributed by atoms with Gasteiger partial charge in [0, 0.05) is 12.7 Å². The van der Waals surface area contributed by atoms with E-state index in [1.807, 2.05) is 48.5 Å². The van der Waals surface area contributed by atoms with Crippen molar-refractivity contribution < 1.29 is 14.3 Å². The first kappa shape index (κ1) is 13.3. The van der Waals surface area contributed by atoms with Crippen molar-refractivity contribution in [1.29, 1.82) is 0 Å². The normalized spacial score (nSPS) is 10.2. The Morgan fingerprint density at radius 2 is 1.74 bits per heavy atom. The number of rotatable bonds is 6. The van der Waals surface area contributed by atoms with Crippen LogP contribution in [0.4, 0.5) is 0 Å². The molecule has 0 aliphatic rings. The molecule has 0 aliphatic heterocycles. The van der Waals surface area contributed by atoms with Gasteiger partial charge in [0.15, 0.2) is 6.29 Å². The Labute approximate surface area is 112 Å². The van der Waals surface area contributed by atoms with Gasteiger partial charge < -0.3 is 9.47 Å². The maximum Gasteiger partial charge on any atom is 0.150 e. The SMILES string of the molecule is COCCOc1ccc(-c2ccccc2C=O)cc1. The summed E-state index contributed by atoms with van der Waals surface area (Å²) in [7, 11) is 1.64. The molecule has 19 heavy (non-hydrogen) atoms. The standard InChI is InChI=1S/C16H16O3/c1-18-10-11-19-15-8-6-13(7-9-15)16-5-3-2-4-14(16)12-17/h2-9,12H,10-11H2,1H3. The summed E-state index contributed by atoms with van der Waals surface area (Å²) in [5.74, 6) is 0.796. The second-order valence-electron chi connectivity index (χ2n) is 4.07. The third-order valence-corrected chi connectivity index (χ3v) is 2.81. The van der Waals surface area contributed by atoms with Crippen molar-refractivity contribution in [1.82, 2.24) is 0 Å². The molecule has 0 atom stereocenters. The first-order valence-electron chi connectivity index (χ1n) is 6.11. The molecule has 0 N–H and O–H groups in total. The third kappa shape index (κ3) is 3.42. The van der Waals surface area contributed by atoms with E-state index >= 15 is 0 Å². The molecule has 2 aromatic rings. The zero-order valence-electron chi connectivity index (χ0n) is 10.8. The molecule has 2 aromatic carbocycles. The molecule has 0 spiro atoms. The summed E-state index contributed by atoms with van der Waals surface area (Å²) >= 11 is 0. The predicted molar refractivity (Wildman–Crippen MR) is 74.6 cm³/mol. The van der Waals surface area contributed by atoms with Gasteiger partial charge in [0.25, 0.3) is 0 Å². The van der Waals surface area contributed by atoms with Crippen LogP contribution in [0.5, 0.6) is 5.75 Å². The average Bonchev–Trinajstić information content (AvgIpc) is 2.48. The van der Waals surface area contributed by atoms with E-state index in [2.05, 4.69) is 0 Å². The van der Waals surface area contributed by atoms with Crippen LogP contribution in [0.15, 0.2) is 48.5 Å². The van der Waals surface area contributed by atoms with Crippen molar-refractivity contribution in [2.45, 2.75) is 0 Å². The van der Waals surface area contributed by atoms with Crippen molar-refractivity contribution in [2.24, 2.45) is 0 Å². The maximum absolute atomic E-state index is 11.0. The Morgan fingerprint density at radius 1 is 1.00 bits per heavy atom. The van der Waals surface area contributed by atoms with Crippen LogP contribution in [0.2, 0.25) is 0 Å². The number of hydrogen-bond acceptors (Lipinski definition) is 3. The Hall–Kier alpha value is -2.13. The Kier molecular flexibility index (Phi) is 4.70. The fourth-order valence-corrected chi connectivity index (χ4v) is 1.84. The van der Waals surface area contributed by atoms with Gasteiger partial charge in [-0.3, -0.25) is 4.79 Å². The zero-order chi connectivity index (χ0) is 13.5. The maximum atomic E-state index is 11.0. The van der Waals surface area contributed by atoms with Crippen molar-refractivity contribution in [3.8, 4) is 16.9 Å². The van der Waals surface area contributed by atoms with Gasteiger partial charge in [-0.1, -0.05) is 36.4 Å². The van der Waals surface area contributed by atoms with Crippen LogP contribution in [0.25, 0.3) is 11.1 Å². The second-order valence-corrected chi connectivity index (χ2v) is 4.07. The van der Waals surface area contributed by atoms with Gasteiger partial charge in [0.05, 0.1) is 6.61 Å². The molecule has 0 aromatic heterocycles. The van der Waals surface area contributed by atoms with Gasteiger partial charge in [-0.15, -0.1) is 0 Å². The first-order chi connectivity index (χ1) is 9.35. The Morgan fingerprint density at radius 3 is 2.42 bits per heavy atom. The summed E-state index contributed by atoms with van der Waals surface area (Å²) in [5.41, 5.74) is 2.62. The van der Waals surface area contributed by atoms with E-state index in [-0.39, 0.29) is 0 Å². The van der Waals surface area contributed by atoms with E-state index in [9.17, 15) is 4.79 Å². The lowest BCUT2D eigenvalue weighted by Crippen LogP contribution is -2.03. The molecule has 0 saturated carbocycles.